The molecule has 20 heavy (non-hydrogen) atoms. The molecule has 1 aliphatic rings. The van der Waals surface area contributed by atoms with Crippen molar-refractivity contribution < 1.29 is 8.42 Å². The second-order valence-electron chi connectivity index (χ2n) is 5.52. The van der Waals surface area contributed by atoms with E-state index in [0.717, 1.165) is 18.4 Å². The van der Waals surface area contributed by atoms with E-state index >= 15 is 0 Å². The van der Waals surface area contributed by atoms with Crippen LogP contribution in [-0.2, 0) is 10.0 Å². The van der Waals surface area contributed by atoms with E-state index in [1.807, 2.05) is 12.1 Å². The van der Waals surface area contributed by atoms with Gasteiger partial charge in [0.1, 0.15) is 0 Å². The predicted octanol–water partition coefficient (Wildman–Crippen LogP) is 2.31. The molecule has 0 amide bonds. The molecule has 3 N–H and O–H groups in total. The Kier molecular flexibility index (Phi) is 6.01. The maximum absolute atomic E-state index is 11.7. The summed E-state index contributed by atoms with van der Waals surface area (Å²) in [7, 11) is -3.14. The van der Waals surface area contributed by atoms with Crippen molar-refractivity contribution in [1.82, 2.24) is 4.72 Å². The normalized spacial score (nSPS) is 16.8. The van der Waals surface area contributed by atoms with Crippen LogP contribution in [0.25, 0.3) is 0 Å². The summed E-state index contributed by atoms with van der Waals surface area (Å²) in [5.74, 6) is 0.485. The first-order chi connectivity index (χ1) is 8.90. The van der Waals surface area contributed by atoms with Crippen molar-refractivity contribution >= 4 is 22.4 Å². The average Bonchev–Trinajstić information content (AvgIpc) is 3.20. The third kappa shape index (κ3) is 4.45. The number of nitrogens with one attached hydrogen (secondary N) is 1. The molecule has 0 saturated heterocycles. The fourth-order valence-electron chi connectivity index (χ4n) is 1.95. The van der Waals surface area contributed by atoms with Gasteiger partial charge in [0, 0.05) is 12.6 Å². The van der Waals surface area contributed by atoms with E-state index in [2.05, 4.69) is 30.7 Å². The highest BCUT2D eigenvalue weighted by molar-refractivity contribution is 7.90. The number of nitrogens with two attached hydrogens (primary N) is 1. The van der Waals surface area contributed by atoms with Crippen molar-refractivity contribution in [3.63, 3.8) is 0 Å². The van der Waals surface area contributed by atoms with Crippen LogP contribution in [0.4, 0.5) is 0 Å². The smallest absolute Gasteiger partial charge is 0.214 e. The minimum absolute atomic E-state index is 0. The summed E-state index contributed by atoms with van der Waals surface area (Å²) in [5.41, 5.74) is 8.24. The molecule has 0 aromatic heterocycles. The molecule has 2 rings (SSSR count). The van der Waals surface area contributed by atoms with Gasteiger partial charge >= 0.3 is 0 Å². The number of hydrogen-bond acceptors (Lipinski definition) is 3. The van der Waals surface area contributed by atoms with Gasteiger partial charge in [0.2, 0.25) is 10.0 Å². The first-order valence-electron chi connectivity index (χ1n) is 6.74. The number of hydrogen-bond donors (Lipinski definition) is 2. The summed E-state index contributed by atoms with van der Waals surface area (Å²) >= 11 is 0. The number of halogens is 1. The van der Waals surface area contributed by atoms with Crippen LogP contribution in [0.2, 0.25) is 0 Å². The molecule has 4 nitrogen and oxygen atoms in total. The van der Waals surface area contributed by atoms with Gasteiger partial charge in [0.15, 0.2) is 0 Å². The van der Waals surface area contributed by atoms with E-state index in [1.165, 1.54) is 5.56 Å². The van der Waals surface area contributed by atoms with Gasteiger partial charge in [-0.25, -0.2) is 13.1 Å². The third-order valence-corrected chi connectivity index (χ3v) is 5.42. The van der Waals surface area contributed by atoms with Gasteiger partial charge in [-0.1, -0.05) is 38.1 Å². The molecule has 0 spiro atoms. The van der Waals surface area contributed by atoms with E-state index in [4.69, 9.17) is 5.73 Å². The van der Waals surface area contributed by atoms with Crippen LogP contribution < -0.4 is 10.5 Å². The number of benzene rings is 1. The molecule has 1 saturated carbocycles. The van der Waals surface area contributed by atoms with E-state index in [0.29, 0.717) is 5.92 Å². The van der Waals surface area contributed by atoms with Crippen LogP contribution in [0.1, 0.15) is 49.8 Å². The lowest BCUT2D eigenvalue weighted by Gasteiger charge is -2.14. The van der Waals surface area contributed by atoms with Crippen LogP contribution in [-0.4, -0.2) is 20.2 Å². The second-order valence-corrected chi connectivity index (χ2v) is 7.57. The van der Waals surface area contributed by atoms with Crippen molar-refractivity contribution in [2.45, 2.75) is 43.9 Å². The molecule has 0 aliphatic heterocycles. The largest absolute Gasteiger partial charge is 0.323 e. The van der Waals surface area contributed by atoms with Gasteiger partial charge in [-0.05, 0) is 29.9 Å². The first-order valence-corrected chi connectivity index (χ1v) is 8.28. The summed E-state index contributed by atoms with van der Waals surface area (Å²) < 4.78 is 26.0. The van der Waals surface area contributed by atoms with Crippen molar-refractivity contribution in [2.24, 2.45) is 5.73 Å². The molecule has 1 atom stereocenters. The minimum Gasteiger partial charge on any atom is -0.323 e. The SMILES string of the molecule is CC(C)c1ccc(C(N)CNS(=O)(=O)C2CC2)cc1.Cl. The lowest BCUT2D eigenvalue weighted by Crippen LogP contribution is -2.34. The lowest BCUT2D eigenvalue weighted by molar-refractivity contribution is 0.571. The van der Waals surface area contributed by atoms with Gasteiger partial charge in [-0.2, -0.15) is 0 Å². The molecule has 1 aliphatic carbocycles. The van der Waals surface area contributed by atoms with Gasteiger partial charge in [0.25, 0.3) is 0 Å². The maximum Gasteiger partial charge on any atom is 0.214 e. The van der Waals surface area contributed by atoms with Crippen molar-refractivity contribution in [3.05, 3.63) is 35.4 Å². The van der Waals surface area contributed by atoms with Gasteiger partial charge in [-0.15, -0.1) is 12.4 Å². The van der Waals surface area contributed by atoms with Crippen molar-refractivity contribution in [3.8, 4) is 0 Å². The Bertz CT molecular complexity index is 525. The average molecular weight is 319 g/mol. The van der Waals surface area contributed by atoms with Crippen molar-refractivity contribution in [2.75, 3.05) is 6.54 Å². The zero-order valence-electron chi connectivity index (χ0n) is 11.9. The minimum atomic E-state index is -3.14. The number of sulfonamides is 1. The molecule has 1 fully saturated rings. The summed E-state index contributed by atoms with van der Waals surface area (Å²) in [6.07, 6.45) is 1.54. The molecule has 6 heteroatoms. The molecule has 0 bridgehead atoms. The van der Waals surface area contributed by atoms with E-state index < -0.39 is 10.0 Å². The Morgan fingerprint density at radius 3 is 2.15 bits per heavy atom. The van der Waals surface area contributed by atoms with E-state index in [9.17, 15) is 8.42 Å². The van der Waals surface area contributed by atoms with Gasteiger partial charge < -0.3 is 5.73 Å². The predicted molar refractivity (Wildman–Crippen MR) is 84.7 cm³/mol. The molecule has 0 heterocycles. The zero-order chi connectivity index (χ0) is 14.0. The Hall–Kier alpha value is -0.620. The molecule has 1 aromatic rings. The van der Waals surface area contributed by atoms with Crippen LogP contribution in [0, 0.1) is 0 Å². The highest BCUT2D eigenvalue weighted by atomic mass is 35.5. The molecular formula is C14H23ClN2O2S. The Morgan fingerprint density at radius 1 is 1.20 bits per heavy atom. The van der Waals surface area contributed by atoms with Crippen molar-refractivity contribution in [1.29, 1.82) is 0 Å². The van der Waals surface area contributed by atoms with Crippen LogP contribution in [0.5, 0.6) is 0 Å². The molecular weight excluding hydrogens is 296 g/mol. The Balaban J connectivity index is 0.00000200. The molecule has 114 valence electrons. The third-order valence-electron chi connectivity index (χ3n) is 3.50. The Morgan fingerprint density at radius 2 is 1.70 bits per heavy atom. The first kappa shape index (κ1) is 17.4. The highest BCUT2D eigenvalue weighted by Crippen LogP contribution is 2.27. The van der Waals surface area contributed by atoms with Gasteiger partial charge in [-0.3, -0.25) is 0 Å². The summed E-state index contributed by atoms with van der Waals surface area (Å²) in [5, 5.41) is -0.192. The van der Waals surface area contributed by atoms with Crippen LogP contribution in [0.15, 0.2) is 24.3 Å². The van der Waals surface area contributed by atoms with Gasteiger partial charge in [0.05, 0.1) is 5.25 Å². The topological polar surface area (TPSA) is 72.2 Å². The quantitative estimate of drug-likeness (QED) is 0.845. The van der Waals surface area contributed by atoms with Crippen LogP contribution in [0.3, 0.4) is 0 Å². The van der Waals surface area contributed by atoms with Crippen LogP contribution >= 0.6 is 12.4 Å². The standard InChI is InChI=1S/C14H22N2O2S.ClH/c1-10(2)11-3-5-12(6-4-11)14(15)9-16-19(17,18)13-7-8-13;/h3-6,10,13-14,16H,7-9,15H2,1-2H3;1H. The maximum atomic E-state index is 11.7. The number of rotatable bonds is 6. The Labute approximate surface area is 127 Å². The molecule has 1 unspecified atom stereocenters. The molecule has 0 radical (unpaired) electrons. The monoisotopic (exact) mass is 318 g/mol. The fourth-order valence-corrected chi connectivity index (χ4v) is 3.35. The zero-order valence-corrected chi connectivity index (χ0v) is 13.5. The summed E-state index contributed by atoms with van der Waals surface area (Å²) in [6.45, 7) is 4.54. The second kappa shape index (κ2) is 6.89. The van der Waals surface area contributed by atoms with E-state index in [-0.39, 0.29) is 30.2 Å². The lowest BCUT2D eigenvalue weighted by atomic mass is 9.99. The van der Waals surface area contributed by atoms with E-state index in [1.54, 1.807) is 0 Å². The fraction of sp³-hybridized carbons (Fsp3) is 0.571. The summed E-state index contributed by atoms with van der Waals surface area (Å²) in [4.78, 5) is 0. The molecule has 1 aromatic carbocycles. The highest BCUT2D eigenvalue weighted by Gasteiger charge is 2.35. The summed E-state index contributed by atoms with van der Waals surface area (Å²) in [6, 6.07) is 7.76.